The molecule has 0 amide bonds. The van der Waals surface area contributed by atoms with Gasteiger partial charge in [-0.25, -0.2) is 4.39 Å². The SMILES string of the molecule is C=C[C@@]1(O)CC[C@@H]2[C@H]3C[C@H](F)[C@]4(O)C[C@H](OC(C)=O)CC[C@@]4(C)[C@H]3CC[C@@]21C. The first-order chi connectivity index (χ1) is 13.0. The number of ether oxygens (including phenoxy) is 1. The molecule has 0 aromatic heterocycles. The van der Waals surface area contributed by atoms with Gasteiger partial charge >= 0.3 is 5.97 Å². The molecule has 0 heterocycles. The number of carbonyl (C=O) groups excluding carboxylic acids is 1. The van der Waals surface area contributed by atoms with E-state index in [1.807, 2.05) is 0 Å². The summed E-state index contributed by atoms with van der Waals surface area (Å²) in [6.07, 6.45) is 5.15. The number of hydrogen-bond donors (Lipinski definition) is 2. The van der Waals surface area contributed by atoms with Gasteiger partial charge in [-0.3, -0.25) is 4.79 Å². The number of alkyl halides is 1. The Balaban J connectivity index is 1.65. The van der Waals surface area contributed by atoms with Gasteiger partial charge in [0, 0.05) is 24.2 Å². The number of halogens is 1. The lowest BCUT2D eigenvalue weighted by Gasteiger charge is -2.65. The summed E-state index contributed by atoms with van der Waals surface area (Å²) in [5.41, 5.74) is -3.12. The van der Waals surface area contributed by atoms with Crippen LogP contribution < -0.4 is 0 Å². The van der Waals surface area contributed by atoms with Crippen LogP contribution in [0.3, 0.4) is 0 Å². The van der Waals surface area contributed by atoms with Crippen molar-refractivity contribution in [2.45, 2.75) is 95.6 Å². The highest BCUT2D eigenvalue weighted by molar-refractivity contribution is 5.66. The highest BCUT2D eigenvalue weighted by atomic mass is 19.1. The molecule has 28 heavy (non-hydrogen) atoms. The zero-order chi connectivity index (χ0) is 20.5. The molecule has 0 bridgehead atoms. The fourth-order valence-electron chi connectivity index (χ4n) is 7.91. The average Bonchev–Trinajstić information content (AvgIpc) is 2.89. The molecule has 2 N–H and O–H groups in total. The molecule has 0 aromatic carbocycles. The van der Waals surface area contributed by atoms with E-state index in [1.54, 1.807) is 6.08 Å². The van der Waals surface area contributed by atoms with Gasteiger partial charge in [0.1, 0.15) is 17.9 Å². The van der Waals surface area contributed by atoms with Crippen LogP contribution in [0.5, 0.6) is 0 Å². The van der Waals surface area contributed by atoms with E-state index in [2.05, 4.69) is 20.4 Å². The van der Waals surface area contributed by atoms with Crippen LogP contribution in [0.25, 0.3) is 0 Å². The van der Waals surface area contributed by atoms with Gasteiger partial charge in [-0.1, -0.05) is 19.9 Å². The summed E-state index contributed by atoms with van der Waals surface area (Å²) >= 11 is 0. The standard InChI is InChI=1S/C23H35FO4/c1-5-22(26)11-8-17-16-12-19(24)23(27)13-15(28-14(2)25)6-9-21(23,4)18(16)7-10-20(17,22)3/h5,15-19,26-27H,1,6-13H2,2-4H3/t15-,16-,17-,18+,19+,20+,21+,22-,23-/m1/s1. The molecule has 5 heteroatoms. The molecular formula is C23H35FO4. The van der Waals surface area contributed by atoms with Crippen LogP contribution in [-0.2, 0) is 9.53 Å². The van der Waals surface area contributed by atoms with Crippen LogP contribution in [0.4, 0.5) is 4.39 Å². The second-order valence-corrected chi connectivity index (χ2v) is 10.5. The van der Waals surface area contributed by atoms with Crippen molar-refractivity contribution in [3.63, 3.8) is 0 Å². The first kappa shape index (κ1) is 20.3. The van der Waals surface area contributed by atoms with Crippen LogP contribution in [0.1, 0.15) is 72.1 Å². The van der Waals surface area contributed by atoms with Crippen molar-refractivity contribution in [3.05, 3.63) is 12.7 Å². The highest BCUT2D eigenvalue weighted by Gasteiger charge is 2.69. The molecule has 0 aliphatic heterocycles. The molecule has 0 aromatic rings. The Morgan fingerprint density at radius 2 is 1.71 bits per heavy atom. The summed E-state index contributed by atoms with van der Waals surface area (Å²) in [4.78, 5) is 11.4. The third-order valence-corrected chi connectivity index (χ3v) is 9.65. The number of esters is 1. The second kappa shape index (κ2) is 6.28. The lowest BCUT2D eigenvalue weighted by molar-refractivity contribution is -0.254. The van der Waals surface area contributed by atoms with E-state index in [1.165, 1.54) is 6.92 Å². The molecule has 0 unspecified atom stereocenters. The average molecular weight is 395 g/mol. The van der Waals surface area contributed by atoms with Crippen LogP contribution in [0.2, 0.25) is 0 Å². The third kappa shape index (κ3) is 2.44. The minimum Gasteiger partial charge on any atom is -0.462 e. The fraction of sp³-hybridized carbons (Fsp3) is 0.870. The molecule has 4 aliphatic rings. The Kier molecular flexibility index (Phi) is 4.56. The van der Waals surface area contributed by atoms with Crippen molar-refractivity contribution in [2.24, 2.45) is 28.6 Å². The zero-order valence-corrected chi connectivity index (χ0v) is 17.4. The van der Waals surface area contributed by atoms with E-state index in [9.17, 15) is 15.0 Å². The van der Waals surface area contributed by atoms with Gasteiger partial charge in [-0.15, -0.1) is 6.58 Å². The maximum absolute atomic E-state index is 15.6. The van der Waals surface area contributed by atoms with E-state index in [0.717, 1.165) is 19.3 Å². The molecular weight excluding hydrogens is 359 g/mol. The number of aliphatic hydroxyl groups is 2. The van der Waals surface area contributed by atoms with Crippen molar-refractivity contribution in [3.8, 4) is 0 Å². The normalized spacial score (nSPS) is 55.6. The molecule has 0 spiro atoms. The first-order valence-corrected chi connectivity index (χ1v) is 10.9. The Labute approximate surface area is 167 Å². The van der Waals surface area contributed by atoms with Gasteiger partial charge < -0.3 is 14.9 Å². The molecule has 4 saturated carbocycles. The number of fused-ring (bicyclic) bond motifs is 5. The Morgan fingerprint density at radius 3 is 2.36 bits per heavy atom. The van der Waals surface area contributed by atoms with Crippen molar-refractivity contribution >= 4 is 5.97 Å². The maximum atomic E-state index is 15.6. The van der Waals surface area contributed by atoms with Gasteiger partial charge in [0.25, 0.3) is 0 Å². The summed E-state index contributed by atoms with van der Waals surface area (Å²) in [5.74, 6) is 0.274. The third-order valence-electron chi connectivity index (χ3n) is 9.65. The van der Waals surface area contributed by atoms with Gasteiger partial charge in [0.05, 0.1) is 5.60 Å². The van der Waals surface area contributed by atoms with Crippen molar-refractivity contribution < 1.29 is 24.1 Å². The second-order valence-electron chi connectivity index (χ2n) is 10.5. The monoisotopic (exact) mass is 394 g/mol. The Hall–Kier alpha value is -0.940. The minimum atomic E-state index is -1.45. The summed E-state index contributed by atoms with van der Waals surface area (Å²) < 4.78 is 21.0. The summed E-state index contributed by atoms with van der Waals surface area (Å²) in [6, 6.07) is 0. The van der Waals surface area contributed by atoms with Crippen LogP contribution in [0, 0.1) is 28.6 Å². The lowest BCUT2D eigenvalue weighted by Crippen LogP contribution is -2.68. The van der Waals surface area contributed by atoms with E-state index >= 15 is 4.39 Å². The smallest absolute Gasteiger partial charge is 0.302 e. The van der Waals surface area contributed by atoms with Crippen molar-refractivity contribution in [1.82, 2.24) is 0 Å². The highest BCUT2D eigenvalue weighted by Crippen LogP contribution is 2.69. The van der Waals surface area contributed by atoms with Crippen LogP contribution >= 0.6 is 0 Å². The van der Waals surface area contributed by atoms with E-state index in [4.69, 9.17) is 4.74 Å². The predicted molar refractivity (Wildman–Crippen MR) is 104 cm³/mol. The van der Waals surface area contributed by atoms with E-state index < -0.39 is 28.9 Å². The van der Waals surface area contributed by atoms with Gasteiger partial charge in [-0.2, -0.15) is 0 Å². The molecule has 4 nitrogen and oxygen atoms in total. The first-order valence-electron chi connectivity index (χ1n) is 10.9. The molecule has 158 valence electrons. The number of carbonyl (C=O) groups is 1. The summed E-state index contributed by atoms with van der Waals surface area (Å²) in [6.45, 7) is 9.45. The number of rotatable bonds is 2. The molecule has 4 fully saturated rings. The molecule has 9 atom stereocenters. The Bertz CT molecular complexity index is 682. The van der Waals surface area contributed by atoms with Crippen LogP contribution in [-0.4, -0.2) is 39.7 Å². The minimum absolute atomic E-state index is 0.165. The van der Waals surface area contributed by atoms with Gasteiger partial charge in [0.2, 0.25) is 0 Å². The summed E-state index contributed by atoms with van der Waals surface area (Å²) in [5, 5.41) is 22.7. The quantitative estimate of drug-likeness (QED) is 0.550. The molecule has 0 saturated heterocycles. The lowest BCUT2D eigenvalue weighted by atomic mass is 9.42. The van der Waals surface area contributed by atoms with Crippen molar-refractivity contribution in [1.29, 1.82) is 0 Å². The van der Waals surface area contributed by atoms with Gasteiger partial charge in [-0.05, 0) is 62.7 Å². The summed E-state index contributed by atoms with van der Waals surface area (Å²) in [7, 11) is 0. The largest absolute Gasteiger partial charge is 0.462 e. The van der Waals surface area contributed by atoms with Crippen LogP contribution in [0.15, 0.2) is 12.7 Å². The fourth-order valence-corrected chi connectivity index (χ4v) is 7.91. The van der Waals surface area contributed by atoms with E-state index in [-0.39, 0.29) is 35.6 Å². The van der Waals surface area contributed by atoms with Gasteiger partial charge in [0.15, 0.2) is 0 Å². The van der Waals surface area contributed by atoms with Crippen molar-refractivity contribution in [2.75, 3.05) is 0 Å². The molecule has 4 rings (SSSR count). The Morgan fingerprint density at radius 1 is 1.11 bits per heavy atom. The molecule has 4 aliphatic carbocycles. The van der Waals surface area contributed by atoms with E-state index in [0.29, 0.717) is 25.7 Å². The molecule has 0 radical (unpaired) electrons. The topological polar surface area (TPSA) is 66.8 Å². The predicted octanol–water partition coefficient (Wildman–Crippen LogP) is 3.94. The number of hydrogen-bond acceptors (Lipinski definition) is 4. The zero-order valence-electron chi connectivity index (χ0n) is 17.4. The maximum Gasteiger partial charge on any atom is 0.302 e.